The summed E-state index contributed by atoms with van der Waals surface area (Å²) in [7, 11) is 2.89. The highest BCUT2D eigenvalue weighted by Crippen LogP contribution is 2.29. The smallest absolute Gasteiger partial charge is 0.273 e. The van der Waals surface area contributed by atoms with Crippen LogP contribution in [0.2, 0.25) is 0 Å². The number of nitriles is 1. The second kappa shape index (κ2) is 7.86. The van der Waals surface area contributed by atoms with Gasteiger partial charge in [-0.05, 0) is 36.4 Å². The van der Waals surface area contributed by atoms with E-state index in [1.807, 2.05) is 0 Å². The number of hydrogen-bond acceptors (Lipinski definition) is 6. The fraction of sp³-hybridized carbons (Fsp3) is 0.0952. The normalized spacial score (nSPS) is 10.3. The lowest BCUT2D eigenvalue weighted by atomic mass is 10.0. The van der Waals surface area contributed by atoms with Crippen LogP contribution in [0.1, 0.15) is 21.5 Å². The minimum absolute atomic E-state index is 0.0724. The van der Waals surface area contributed by atoms with Gasteiger partial charge in [0.15, 0.2) is 17.3 Å². The van der Waals surface area contributed by atoms with Gasteiger partial charge in [0.05, 0.1) is 25.5 Å². The zero-order valence-corrected chi connectivity index (χ0v) is 15.5. The minimum atomic E-state index is -0.743. The SMILES string of the molecule is COc1ccc(-n2cc(C(=O)c3cc(F)ccc3O)cc(C#N)c2=O)cc1OC. The van der Waals surface area contributed by atoms with Gasteiger partial charge in [0.25, 0.3) is 5.56 Å². The number of pyridine rings is 1. The largest absolute Gasteiger partial charge is 0.507 e. The molecule has 3 rings (SSSR count). The number of hydrogen-bond donors (Lipinski definition) is 1. The number of carbonyl (C=O) groups is 1. The maximum Gasteiger partial charge on any atom is 0.273 e. The molecule has 29 heavy (non-hydrogen) atoms. The molecule has 0 radical (unpaired) electrons. The molecule has 0 aliphatic carbocycles. The number of ketones is 1. The number of benzene rings is 2. The summed E-state index contributed by atoms with van der Waals surface area (Å²) in [4.78, 5) is 25.4. The lowest BCUT2D eigenvalue weighted by Crippen LogP contribution is -2.22. The average Bonchev–Trinajstić information content (AvgIpc) is 2.74. The highest BCUT2D eigenvalue weighted by Gasteiger charge is 2.19. The summed E-state index contributed by atoms with van der Waals surface area (Å²) in [6.07, 6.45) is 1.22. The number of aromatic nitrogens is 1. The molecule has 0 aliphatic heterocycles. The second-order valence-corrected chi connectivity index (χ2v) is 5.96. The Morgan fingerprint density at radius 1 is 1.10 bits per heavy atom. The predicted octanol–water partition coefficient (Wildman–Crippen LogP) is 2.80. The van der Waals surface area contributed by atoms with Crippen LogP contribution in [0.15, 0.2) is 53.5 Å². The minimum Gasteiger partial charge on any atom is -0.507 e. The van der Waals surface area contributed by atoms with Gasteiger partial charge in [0.2, 0.25) is 0 Å². The summed E-state index contributed by atoms with van der Waals surface area (Å²) in [5.74, 6) is -1.09. The van der Waals surface area contributed by atoms with Crippen molar-refractivity contribution in [3.63, 3.8) is 0 Å². The highest BCUT2D eigenvalue weighted by atomic mass is 19.1. The first-order valence-corrected chi connectivity index (χ1v) is 8.32. The Labute approximate surface area is 164 Å². The van der Waals surface area contributed by atoms with Gasteiger partial charge in [-0.2, -0.15) is 5.26 Å². The Morgan fingerprint density at radius 3 is 2.48 bits per heavy atom. The van der Waals surface area contributed by atoms with Crippen LogP contribution in [0, 0.1) is 17.1 Å². The Morgan fingerprint density at radius 2 is 1.83 bits per heavy atom. The number of halogens is 1. The molecule has 0 fully saturated rings. The summed E-state index contributed by atoms with van der Waals surface area (Å²) >= 11 is 0. The molecule has 0 saturated heterocycles. The average molecular weight is 394 g/mol. The van der Waals surface area contributed by atoms with Gasteiger partial charge >= 0.3 is 0 Å². The van der Waals surface area contributed by atoms with E-state index in [4.69, 9.17) is 9.47 Å². The third-order valence-corrected chi connectivity index (χ3v) is 4.25. The van der Waals surface area contributed by atoms with E-state index in [1.165, 1.54) is 26.5 Å². The van der Waals surface area contributed by atoms with Crippen LogP contribution in [0.3, 0.4) is 0 Å². The van der Waals surface area contributed by atoms with E-state index in [0.29, 0.717) is 17.2 Å². The summed E-state index contributed by atoms with van der Waals surface area (Å²) in [5.41, 5.74) is -0.980. The van der Waals surface area contributed by atoms with E-state index in [2.05, 4.69) is 0 Å². The van der Waals surface area contributed by atoms with Crippen LogP contribution in [0.5, 0.6) is 17.2 Å². The van der Waals surface area contributed by atoms with Gasteiger partial charge in [-0.1, -0.05) is 0 Å². The zero-order valence-electron chi connectivity index (χ0n) is 15.5. The lowest BCUT2D eigenvalue weighted by Gasteiger charge is -2.13. The molecule has 146 valence electrons. The zero-order chi connectivity index (χ0) is 21.1. The first-order chi connectivity index (χ1) is 13.9. The molecule has 3 aromatic rings. The molecule has 0 amide bonds. The fourth-order valence-electron chi connectivity index (χ4n) is 2.80. The number of carbonyl (C=O) groups excluding carboxylic acids is 1. The Kier molecular flexibility index (Phi) is 5.32. The maximum atomic E-state index is 13.5. The monoisotopic (exact) mass is 394 g/mol. The molecule has 0 aliphatic rings. The number of phenolic OH excluding ortho intramolecular Hbond substituents is 1. The topological polar surface area (TPSA) is 102 Å². The molecule has 1 heterocycles. The van der Waals surface area contributed by atoms with Gasteiger partial charge in [-0.3, -0.25) is 14.2 Å². The molecule has 0 spiro atoms. The van der Waals surface area contributed by atoms with Gasteiger partial charge in [0.1, 0.15) is 23.2 Å². The van der Waals surface area contributed by atoms with E-state index < -0.39 is 22.9 Å². The van der Waals surface area contributed by atoms with Gasteiger partial charge in [-0.25, -0.2) is 4.39 Å². The van der Waals surface area contributed by atoms with Crippen LogP contribution >= 0.6 is 0 Å². The maximum absolute atomic E-state index is 13.5. The van der Waals surface area contributed by atoms with Crippen LogP contribution in [0.4, 0.5) is 4.39 Å². The van der Waals surface area contributed by atoms with Crippen molar-refractivity contribution in [2.24, 2.45) is 0 Å². The van der Waals surface area contributed by atoms with Crippen molar-refractivity contribution in [1.82, 2.24) is 4.57 Å². The third kappa shape index (κ3) is 3.66. The summed E-state index contributed by atoms with van der Waals surface area (Å²) in [6, 6.07) is 10.4. The van der Waals surface area contributed by atoms with Crippen LogP contribution in [0.25, 0.3) is 5.69 Å². The molecule has 0 saturated carbocycles. The Bertz CT molecular complexity index is 1210. The van der Waals surface area contributed by atoms with Crippen molar-refractivity contribution < 1.29 is 23.8 Å². The number of methoxy groups -OCH3 is 2. The van der Waals surface area contributed by atoms with Gasteiger partial charge < -0.3 is 14.6 Å². The molecule has 0 bridgehead atoms. The molecule has 1 aromatic heterocycles. The molecular formula is C21H15FN2O5. The molecule has 2 aromatic carbocycles. The molecule has 0 atom stereocenters. The van der Waals surface area contributed by atoms with Crippen molar-refractivity contribution in [3.8, 4) is 29.0 Å². The number of nitrogens with zero attached hydrogens (tertiary/aromatic N) is 2. The number of phenols is 1. The molecular weight excluding hydrogens is 379 g/mol. The molecule has 1 N–H and O–H groups in total. The Hall–Kier alpha value is -4.12. The van der Waals surface area contributed by atoms with E-state index in [1.54, 1.807) is 18.2 Å². The number of rotatable bonds is 5. The predicted molar refractivity (Wildman–Crippen MR) is 101 cm³/mol. The van der Waals surface area contributed by atoms with Crippen LogP contribution in [-0.2, 0) is 0 Å². The van der Waals surface area contributed by atoms with Crippen LogP contribution < -0.4 is 15.0 Å². The number of aromatic hydroxyl groups is 1. The van der Waals surface area contributed by atoms with E-state index in [9.17, 15) is 24.3 Å². The highest BCUT2D eigenvalue weighted by molar-refractivity contribution is 6.10. The van der Waals surface area contributed by atoms with Gasteiger partial charge in [0, 0.05) is 17.8 Å². The van der Waals surface area contributed by atoms with Gasteiger partial charge in [-0.15, -0.1) is 0 Å². The first-order valence-electron chi connectivity index (χ1n) is 8.32. The Balaban J connectivity index is 2.20. The van der Waals surface area contributed by atoms with Crippen molar-refractivity contribution in [3.05, 3.63) is 81.5 Å². The van der Waals surface area contributed by atoms with Crippen LogP contribution in [-0.4, -0.2) is 29.7 Å². The first kappa shape index (κ1) is 19.6. The van der Waals surface area contributed by atoms with Crippen molar-refractivity contribution in [1.29, 1.82) is 5.26 Å². The molecule has 8 heteroatoms. The quantitative estimate of drug-likeness (QED) is 0.668. The second-order valence-electron chi connectivity index (χ2n) is 5.96. The standard InChI is InChI=1S/C21H15FN2O5/c1-28-18-6-4-15(9-19(18)29-2)24-11-13(7-12(10-23)21(24)27)20(26)16-8-14(22)3-5-17(16)25/h3-9,11,25H,1-2H3. The third-order valence-electron chi connectivity index (χ3n) is 4.25. The van der Waals surface area contributed by atoms with E-state index in [-0.39, 0.29) is 16.7 Å². The number of ether oxygens (including phenoxy) is 2. The van der Waals surface area contributed by atoms with E-state index in [0.717, 1.165) is 28.8 Å². The summed E-state index contributed by atoms with van der Waals surface area (Å²) < 4.78 is 25.0. The van der Waals surface area contributed by atoms with Crippen molar-refractivity contribution >= 4 is 5.78 Å². The molecule has 0 unspecified atom stereocenters. The lowest BCUT2D eigenvalue weighted by molar-refractivity contribution is 0.103. The van der Waals surface area contributed by atoms with Crippen molar-refractivity contribution in [2.75, 3.05) is 14.2 Å². The molecule has 7 nitrogen and oxygen atoms in total. The fourth-order valence-corrected chi connectivity index (χ4v) is 2.80. The summed E-state index contributed by atoms with van der Waals surface area (Å²) in [6.45, 7) is 0. The van der Waals surface area contributed by atoms with E-state index >= 15 is 0 Å². The van der Waals surface area contributed by atoms with Crippen molar-refractivity contribution in [2.45, 2.75) is 0 Å². The summed E-state index contributed by atoms with van der Waals surface area (Å²) in [5, 5.41) is 19.2.